The molecule has 0 amide bonds. The standard InChI is InChI=1S/C15H24N4O/c1-15(2,3)13-4-5-14(17-16-13)19-10-12(11-19)18-6-8-20-9-7-18/h4-5,12H,6-11H2,1-3H3. The number of anilines is 1. The Morgan fingerprint density at radius 3 is 2.35 bits per heavy atom. The largest absolute Gasteiger partial charge is 0.379 e. The van der Waals surface area contributed by atoms with Crippen LogP contribution in [-0.2, 0) is 10.2 Å². The minimum Gasteiger partial charge on any atom is -0.379 e. The van der Waals surface area contributed by atoms with Gasteiger partial charge in [0, 0.05) is 37.6 Å². The quantitative estimate of drug-likeness (QED) is 0.814. The monoisotopic (exact) mass is 276 g/mol. The Hall–Kier alpha value is -1.20. The van der Waals surface area contributed by atoms with Crippen LogP contribution >= 0.6 is 0 Å². The molecule has 0 bridgehead atoms. The molecule has 1 aromatic rings. The van der Waals surface area contributed by atoms with Gasteiger partial charge < -0.3 is 9.64 Å². The van der Waals surface area contributed by atoms with Crippen LogP contribution < -0.4 is 4.90 Å². The van der Waals surface area contributed by atoms with Crippen LogP contribution in [0.2, 0.25) is 0 Å². The first-order valence-corrected chi connectivity index (χ1v) is 7.45. The molecule has 0 radical (unpaired) electrons. The SMILES string of the molecule is CC(C)(C)c1ccc(N2CC(N3CCOCC3)C2)nn1. The second kappa shape index (κ2) is 5.30. The molecule has 0 atom stereocenters. The van der Waals surface area contributed by atoms with E-state index in [0.717, 1.165) is 50.9 Å². The molecule has 0 saturated carbocycles. The number of hydrogen-bond acceptors (Lipinski definition) is 5. The lowest BCUT2D eigenvalue weighted by Gasteiger charge is -2.46. The Kier molecular flexibility index (Phi) is 3.65. The van der Waals surface area contributed by atoms with Crippen molar-refractivity contribution < 1.29 is 4.74 Å². The van der Waals surface area contributed by atoms with E-state index in [1.807, 2.05) is 0 Å². The summed E-state index contributed by atoms with van der Waals surface area (Å²) in [5.41, 5.74) is 1.11. The average molecular weight is 276 g/mol. The van der Waals surface area contributed by atoms with Crippen molar-refractivity contribution in [3.8, 4) is 0 Å². The Bertz CT molecular complexity index is 442. The van der Waals surface area contributed by atoms with Crippen LogP contribution in [0, 0.1) is 0 Å². The first kappa shape index (κ1) is 13.8. The van der Waals surface area contributed by atoms with Crippen molar-refractivity contribution in [2.24, 2.45) is 0 Å². The van der Waals surface area contributed by atoms with Gasteiger partial charge in [0.05, 0.1) is 18.9 Å². The summed E-state index contributed by atoms with van der Waals surface area (Å²) in [6.07, 6.45) is 0. The molecule has 2 aliphatic heterocycles. The van der Waals surface area contributed by atoms with Crippen LogP contribution in [0.1, 0.15) is 26.5 Å². The Labute approximate surface area is 120 Å². The maximum absolute atomic E-state index is 5.40. The van der Waals surface area contributed by atoms with Crippen molar-refractivity contribution in [1.82, 2.24) is 15.1 Å². The molecule has 3 heterocycles. The lowest BCUT2D eigenvalue weighted by Crippen LogP contribution is -2.61. The molecule has 5 nitrogen and oxygen atoms in total. The summed E-state index contributed by atoms with van der Waals surface area (Å²) in [7, 11) is 0. The molecule has 110 valence electrons. The van der Waals surface area contributed by atoms with E-state index in [1.54, 1.807) is 0 Å². The maximum Gasteiger partial charge on any atom is 0.151 e. The van der Waals surface area contributed by atoms with E-state index in [1.165, 1.54) is 0 Å². The number of ether oxygens (including phenoxy) is 1. The molecule has 1 aromatic heterocycles. The topological polar surface area (TPSA) is 41.5 Å². The summed E-state index contributed by atoms with van der Waals surface area (Å²) in [5.74, 6) is 1.00. The average Bonchev–Trinajstić information content (AvgIpc) is 2.38. The maximum atomic E-state index is 5.40. The third kappa shape index (κ3) is 2.79. The lowest BCUT2D eigenvalue weighted by molar-refractivity contribution is 0.0104. The summed E-state index contributed by atoms with van der Waals surface area (Å²) in [5, 5.41) is 8.74. The molecule has 3 rings (SSSR count). The highest BCUT2D eigenvalue weighted by Crippen LogP contribution is 2.24. The van der Waals surface area contributed by atoms with Gasteiger partial charge in [-0.3, -0.25) is 4.90 Å². The third-order valence-electron chi connectivity index (χ3n) is 4.17. The van der Waals surface area contributed by atoms with Crippen molar-refractivity contribution in [3.63, 3.8) is 0 Å². The Balaban J connectivity index is 1.57. The van der Waals surface area contributed by atoms with Gasteiger partial charge in [0.2, 0.25) is 0 Å². The number of hydrogen-bond donors (Lipinski definition) is 0. The molecule has 0 aliphatic carbocycles. The molecule has 0 spiro atoms. The molecule has 2 fully saturated rings. The van der Waals surface area contributed by atoms with Gasteiger partial charge in [0.25, 0.3) is 0 Å². The highest BCUT2D eigenvalue weighted by molar-refractivity contribution is 5.42. The van der Waals surface area contributed by atoms with Crippen molar-refractivity contribution in [1.29, 1.82) is 0 Å². The van der Waals surface area contributed by atoms with Crippen molar-refractivity contribution in [3.05, 3.63) is 17.8 Å². The van der Waals surface area contributed by atoms with E-state index >= 15 is 0 Å². The summed E-state index contributed by atoms with van der Waals surface area (Å²) in [6, 6.07) is 4.86. The van der Waals surface area contributed by atoms with E-state index in [4.69, 9.17) is 4.74 Å². The minimum absolute atomic E-state index is 0.0663. The van der Waals surface area contributed by atoms with Crippen LogP contribution in [0.3, 0.4) is 0 Å². The van der Waals surface area contributed by atoms with Crippen LogP contribution in [0.4, 0.5) is 5.82 Å². The smallest absolute Gasteiger partial charge is 0.151 e. The van der Waals surface area contributed by atoms with E-state index in [9.17, 15) is 0 Å². The predicted molar refractivity (Wildman–Crippen MR) is 79.1 cm³/mol. The molecule has 2 saturated heterocycles. The molecule has 0 aromatic carbocycles. The summed E-state index contributed by atoms with van der Waals surface area (Å²) >= 11 is 0. The van der Waals surface area contributed by atoms with Crippen LogP contribution in [0.25, 0.3) is 0 Å². The zero-order valence-corrected chi connectivity index (χ0v) is 12.7. The van der Waals surface area contributed by atoms with Crippen LogP contribution in [0.5, 0.6) is 0 Å². The van der Waals surface area contributed by atoms with E-state index in [2.05, 4.69) is 52.9 Å². The van der Waals surface area contributed by atoms with Gasteiger partial charge in [0.1, 0.15) is 0 Å². The Morgan fingerprint density at radius 1 is 1.10 bits per heavy atom. The summed E-state index contributed by atoms with van der Waals surface area (Å²) in [4.78, 5) is 4.83. The van der Waals surface area contributed by atoms with Gasteiger partial charge in [-0.2, -0.15) is 5.10 Å². The zero-order chi connectivity index (χ0) is 14.2. The first-order valence-electron chi connectivity index (χ1n) is 7.45. The van der Waals surface area contributed by atoms with Crippen LogP contribution in [0.15, 0.2) is 12.1 Å². The second-order valence-corrected chi connectivity index (χ2v) is 6.73. The minimum atomic E-state index is 0.0663. The van der Waals surface area contributed by atoms with E-state index in [-0.39, 0.29) is 5.41 Å². The molecular formula is C15H24N4O. The van der Waals surface area contributed by atoms with Crippen molar-refractivity contribution in [2.45, 2.75) is 32.2 Å². The number of rotatable bonds is 2. The number of nitrogens with zero attached hydrogens (tertiary/aromatic N) is 4. The van der Waals surface area contributed by atoms with Gasteiger partial charge in [-0.1, -0.05) is 20.8 Å². The first-order chi connectivity index (χ1) is 9.54. The van der Waals surface area contributed by atoms with Crippen LogP contribution in [-0.4, -0.2) is 60.5 Å². The summed E-state index contributed by atoms with van der Waals surface area (Å²) in [6.45, 7) is 12.5. The van der Waals surface area contributed by atoms with Gasteiger partial charge >= 0.3 is 0 Å². The molecule has 0 unspecified atom stereocenters. The Morgan fingerprint density at radius 2 is 1.80 bits per heavy atom. The number of morpholine rings is 1. The highest BCUT2D eigenvalue weighted by atomic mass is 16.5. The lowest BCUT2D eigenvalue weighted by atomic mass is 9.92. The second-order valence-electron chi connectivity index (χ2n) is 6.73. The molecule has 2 aliphatic rings. The van der Waals surface area contributed by atoms with E-state index < -0.39 is 0 Å². The van der Waals surface area contributed by atoms with E-state index in [0.29, 0.717) is 6.04 Å². The fourth-order valence-electron chi connectivity index (χ4n) is 2.71. The van der Waals surface area contributed by atoms with Gasteiger partial charge in [-0.15, -0.1) is 5.10 Å². The fourth-order valence-corrected chi connectivity index (χ4v) is 2.71. The zero-order valence-electron chi connectivity index (χ0n) is 12.7. The molecule has 0 N–H and O–H groups in total. The van der Waals surface area contributed by atoms with Crippen molar-refractivity contribution >= 4 is 5.82 Å². The highest BCUT2D eigenvalue weighted by Gasteiger charge is 2.33. The molecular weight excluding hydrogens is 252 g/mol. The predicted octanol–water partition coefficient (Wildman–Crippen LogP) is 1.29. The molecule has 20 heavy (non-hydrogen) atoms. The summed E-state index contributed by atoms with van der Waals surface area (Å²) < 4.78 is 5.40. The van der Waals surface area contributed by atoms with Crippen molar-refractivity contribution in [2.75, 3.05) is 44.3 Å². The normalized spacial score (nSPS) is 21.9. The van der Waals surface area contributed by atoms with Gasteiger partial charge in [-0.25, -0.2) is 0 Å². The number of aromatic nitrogens is 2. The molecule has 5 heteroatoms. The van der Waals surface area contributed by atoms with Gasteiger partial charge in [0.15, 0.2) is 5.82 Å². The third-order valence-corrected chi connectivity index (χ3v) is 4.17. The van der Waals surface area contributed by atoms with Gasteiger partial charge in [-0.05, 0) is 12.1 Å². The fraction of sp³-hybridized carbons (Fsp3) is 0.733.